The summed E-state index contributed by atoms with van der Waals surface area (Å²) in [7, 11) is 0. The predicted molar refractivity (Wildman–Crippen MR) is 69.5 cm³/mol. The second kappa shape index (κ2) is 8.82. The van der Waals surface area contributed by atoms with Crippen LogP contribution in [0.2, 0.25) is 0 Å². The number of hydrogen-bond acceptors (Lipinski definition) is 5. The second-order valence-electron chi connectivity index (χ2n) is 5.21. The Morgan fingerprint density at radius 1 is 1.17 bits per heavy atom. The maximum absolute atomic E-state index is 9.61. The quantitative estimate of drug-likeness (QED) is 0.462. The standard InChI is InChI=1S/C13H27NO4/c1-10(2)18-6-5-17-9-12(15)7-14-8-13(16)11-3-4-11/h10-16H,3-9H2,1-2H3. The fraction of sp³-hybridized carbons (Fsp3) is 1.00. The molecule has 1 aliphatic carbocycles. The Hall–Kier alpha value is -0.200. The summed E-state index contributed by atoms with van der Waals surface area (Å²) in [6, 6.07) is 0. The van der Waals surface area contributed by atoms with E-state index in [1.54, 1.807) is 0 Å². The smallest absolute Gasteiger partial charge is 0.0897 e. The lowest BCUT2D eigenvalue weighted by atomic mass is 10.2. The molecule has 1 aliphatic rings. The van der Waals surface area contributed by atoms with Crippen molar-refractivity contribution in [1.29, 1.82) is 0 Å². The summed E-state index contributed by atoms with van der Waals surface area (Å²) in [4.78, 5) is 0. The molecule has 0 aromatic carbocycles. The third kappa shape index (κ3) is 8.00. The molecule has 2 unspecified atom stereocenters. The molecule has 3 N–H and O–H groups in total. The van der Waals surface area contributed by atoms with Gasteiger partial charge in [-0.05, 0) is 32.6 Å². The highest BCUT2D eigenvalue weighted by Crippen LogP contribution is 2.32. The van der Waals surface area contributed by atoms with Crippen molar-refractivity contribution < 1.29 is 19.7 Å². The Kier molecular flexibility index (Phi) is 7.77. The molecule has 0 heterocycles. The molecule has 1 fully saturated rings. The van der Waals surface area contributed by atoms with Crippen LogP contribution in [0.5, 0.6) is 0 Å². The molecule has 0 aromatic rings. The first-order valence-electron chi connectivity index (χ1n) is 6.85. The van der Waals surface area contributed by atoms with Crippen LogP contribution in [-0.4, -0.2) is 61.4 Å². The molecule has 18 heavy (non-hydrogen) atoms. The summed E-state index contributed by atoms with van der Waals surface area (Å²) in [6.07, 6.45) is 1.67. The van der Waals surface area contributed by atoms with Crippen LogP contribution < -0.4 is 5.32 Å². The minimum Gasteiger partial charge on any atom is -0.392 e. The van der Waals surface area contributed by atoms with Gasteiger partial charge in [0.1, 0.15) is 0 Å². The van der Waals surface area contributed by atoms with E-state index in [1.807, 2.05) is 13.8 Å². The van der Waals surface area contributed by atoms with E-state index in [2.05, 4.69) is 5.32 Å². The van der Waals surface area contributed by atoms with E-state index in [-0.39, 0.29) is 12.2 Å². The van der Waals surface area contributed by atoms with Crippen molar-refractivity contribution in [2.75, 3.05) is 32.9 Å². The zero-order chi connectivity index (χ0) is 13.4. The Balaban J connectivity index is 1.85. The highest BCUT2D eigenvalue weighted by molar-refractivity contribution is 4.82. The maximum Gasteiger partial charge on any atom is 0.0897 e. The van der Waals surface area contributed by atoms with E-state index in [4.69, 9.17) is 9.47 Å². The largest absolute Gasteiger partial charge is 0.392 e. The van der Waals surface area contributed by atoms with Crippen LogP contribution in [-0.2, 0) is 9.47 Å². The number of aliphatic hydroxyl groups is 2. The molecule has 2 atom stereocenters. The molecule has 0 saturated heterocycles. The number of rotatable bonds is 11. The molecule has 0 aliphatic heterocycles. The molecule has 5 heteroatoms. The lowest BCUT2D eigenvalue weighted by Gasteiger charge is -2.15. The van der Waals surface area contributed by atoms with Gasteiger partial charge in [0.2, 0.25) is 0 Å². The van der Waals surface area contributed by atoms with Gasteiger partial charge in [0.25, 0.3) is 0 Å². The highest BCUT2D eigenvalue weighted by Gasteiger charge is 2.29. The van der Waals surface area contributed by atoms with Crippen molar-refractivity contribution in [2.24, 2.45) is 5.92 Å². The van der Waals surface area contributed by atoms with Gasteiger partial charge in [-0.25, -0.2) is 0 Å². The Labute approximate surface area is 109 Å². The van der Waals surface area contributed by atoms with E-state index in [1.165, 1.54) is 0 Å². The molecular formula is C13H27NO4. The lowest BCUT2D eigenvalue weighted by molar-refractivity contribution is -0.0105. The fourth-order valence-electron chi connectivity index (χ4n) is 1.67. The molecular weight excluding hydrogens is 234 g/mol. The van der Waals surface area contributed by atoms with Crippen molar-refractivity contribution in [3.05, 3.63) is 0 Å². The number of hydrogen-bond donors (Lipinski definition) is 3. The Morgan fingerprint density at radius 2 is 1.89 bits per heavy atom. The number of aliphatic hydroxyl groups excluding tert-OH is 2. The van der Waals surface area contributed by atoms with Crippen molar-refractivity contribution in [3.8, 4) is 0 Å². The number of ether oxygens (including phenoxy) is 2. The van der Waals surface area contributed by atoms with Gasteiger partial charge in [-0.2, -0.15) is 0 Å². The first kappa shape index (κ1) is 15.9. The van der Waals surface area contributed by atoms with Crippen LogP contribution in [0.1, 0.15) is 26.7 Å². The van der Waals surface area contributed by atoms with Crippen molar-refractivity contribution >= 4 is 0 Å². The summed E-state index contributed by atoms with van der Waals surface area (Å²) in [5.74, 6) is 0.471. The molecule has 1 saturated carbocycles. The lowest BCUT2D eigenvalue weighted by Crippen LogP contribution is -2.36. The SMILES string of the molecule is CC(C)OCCOCC(O)CNCC(O)C1CC1. The zero-order valence-corrected chi connectivity index (χ0v) is 11.5. The summed E-state index contributed by atoms with van der Waals surface area (Å²) in [5, 5.41) is 22.3. The van der Waals surface area contributed by atoms with Crippen molar-refractivity contribution in [3.63, 3.8) is 0 Å². The van der Waals surface area contributed by atoms with E-state index < -0.39 is 6.10 Å². The van der Waals surface area contributed by atoms with E-state index >= 15 is 0 Å². The van der Waals surface area contributed by atoms with Crippen molar-refractivity contribution in [1.82, 2.24) is 5.32 Å². The van der Waals surface area contributed by atoms with E-state index in [0.717, 1.165) is 12.8 Å². The van der Waals surface area contributed by atoms with Gasteiger partial charge < -0.3 is 25.0 Å². The molecule has 0 aromatic heterocycles. The van der Waals surface area contributed by atoms with E-state index in [0.29, 0.717) is 38.8 Å². The minimum atomic E-state index is -0.532. The van der Waals surface area contributed by atoms with Gasteiger partial charge in [-0.1, -0.05) is 0 Å². The molecule has 5 nitrogen and oxygen atoms in total. The van der Waals surface area contributed by atoms with E-state index in [9.17, 15) is 10.2 Å². The highest BCUT2D eigenvalue weighted by atomic mass is 16.5. The summed E-state index contributed by atoms with van der Waals surface area (Å²) < 4.78 is 10.6. The van der Waals surface area contributed by atoms with Crippen LogP contribution in [0, 0.1) is 5.92 Å². The maximum atomic E-state index is 9.61. The van der Waals surface area contributed by atoms with Gasteiger partial charge in [0.05, 0.1) is 38.1 Å². The zero-order valence-electron chi connectivity index (χ0n) is 11.5. The average Bonchev–Trinajstić information content (AvgIpc) is 3.11. The van der Waals surface area contributed by atoms with Gasteiger partial charge in [0.15, 0.2) is 0 Å². The van der Waals surface area contributed by atoms with Gasteiger partial charge >= 0.3 is 0 Å². The molecule has 0 bridgehead atoms. The molecule has 1 rings (SSSR count). The normalized spacial score (nSPS) is 19.2. The summed E-state index contributed by atoms with van der Waals surface area (Å²) in [6.45, 7) is 6.31. The Bertz CT molecular complexity index is 209. The molecule has 0 spiro atoms. The van der Waals surface area contributed by atoms with Crippen LogP contribution in [0.25, 0.3) is 0 Å². The third-order valence-corrected chi connectivity index (χ3v) is 2.89. The topological polar surface area (TPSA) is 71.0 Å². The molecule has 108 valence electrons. The fourth-order valence-corrected chi connectivity index (χ4v) is 1.67. The van der Waals surface area contributed by atoms with Crippen LogP contribution in [0.4, 0.5) is 0 Å². The first-order valence-corrected chi connectivity index (χ1v) is 6.85. The molecule has 0 amide bonds. The van der Waals surface area contributed by atoms with Gasteiger partial charge in [0, 0.05) is 13.1 Å². The Morgan fingerprint density at radius 3 is 2.50 bits per heavy atom. The van der Waals surface area contributed by atoms with Crippen LogP contribution in [0.3, 0.4) is 0 Å². The summed E-state index contributed by atoms with van der Waals surface area (Å²) in [5.41, 5.74) is 0. The number of nitrogens with one attached hydrogen (secondary N) is 1. The third-order valence-electron chi connectivity index (χ3n) is 2.89. The van der Waals surface area contributed by atoms with Gasteiger partial charge in [-0.15, -0.1) is 0 Å². The van der Waals surface area contributed by atoms with Crippen molar-refractivity contribution in [2.45, 2.75) is 45.0 Å². The second-order valence-corrected chi connectivity index (χ2v) is 5.21. The average molecular weight is 261 g/mol. The van der Waals surface area contributed by atoms with Gasteiger partial charge in [-0.3, -0.25) is 0 Å². The minimum absolute atomic E-state index is 0.212. The summed E-state index contributed by atoms with van der Waals surface area (Å²) >= 11 is 0. The predicted octanol–water partition coefficient (Wildman–Crippen LogP) is 0.149. The van der Waals surface area contributed by atoms with Crippen LogP contribution in [0.15, 0.2) is 0 Å². The molecule has 0 radical (unpaired) electrons. The van der Waals surface area contributed by atoms with Crippen LogP contribution >= 0.6 is 0 Å². The first-order chi connectivity index (χ1) is 8.59. The monoisotopic (exact) mass is 261 g/mol.